The van der Waals surface area contributed by atoms with Gasteiger partial charge in [-0.3, -0.25) is 0 Å². The Labute approximate surface area is 109 Å². The van der Waals surface area contributed by atoms with Crippen LogP contribution in [0.4, 0.5) is 5.69 Å². The van der Waals surface area contributed by atoms with E-state index < -0.39 is 0 Å². The maximum absolute atomic E-state index is 8.86. The van der Waals surface area contributed by atoms with Crippen LogP contribution in [-0.4, -0.2) is 11.0 Å². The van der Waals surface area contributed by atoms with Crippen LogP contribution in [0.1, 0.15) is 51.1 Å². The van der Waals surface area contributed by atoms with Crippen LogP contribution in [0, 0.1) is 17.2 Å². The minimum Gasteiger partial charge on any atom is -0.382 e. The Morgan fingerprint density at radius 2 is 2.22 bits per heavy atom. The molecule has 1 aliphatic rings. The van der Waals surface area contributed by atoms with Gasteiger partial charge in [0.25, 0.3) is 0 Å². The molecule has 2 rings (SSSR count). The van der Waals surface area contributed by atoms with Crippen LogP contribution < -0.4 is 5.32 Å². The normalized spacial score (nSPS) is 18.0. The molecule has 0 radical (unpaired) electrons. The third-order valence-electron chi connectivity index (χ3n) is 3.89. The molecule has 0 bridgehead atoms. The van der Waals surface area contributed by atoms with E-state index in [4.69, 9.17) is 5.26 Å². The molecule has 1 N–H and O–H groups in total. The van der Waals surface area contributed by atoms with E-state index in [-0.39, 0.29) is 0 Å². The zero-order valence-electron chi connectivity index (χ0n) is 11.0. The first-order valence-electron chi connectivity index (χ1n) is 6.96. The standard InChI is InChI=1S/C15H21N3/c1-2-15(12-6-4-3-5-7-12)18-13-8-9-17-14(10-13)11-16/h8-10,12,15H,2-7H2,1H3,(H,17,18). The van der Waals surface area contributed by atoms with Crippen LogP contribution in [0.2, 0.25) is 0 Å². The fourth-order valence-electron chi connectivity index (χ4n) is 2.89. The topological polar surface area (TPSA) is 48.7 Å². The zero-order chi connectivity index (χ0) is 12.8. The highest BCUT2D eigenvalue weighted by molar-refractivity contribution is 5.46. The fraction of sp³-hybridized carbons (Fsp3) is 0.600. The molecule has 1 fully saturated rings. The molecule has 0 amide bonds. The lowest BCUT2D eigenvalue weighted by molar-refractivity contribution is 0.313. The smallest absolute Gasteiger partial charge is 0.142 e. The first kappa shape index (κ1) is 12.9. The molecule has 1 atom stereocenters. The molecule has 1 aromatic heterocycles. The summed E-state index contributed by atoms with van der Waals surface area (Å²) in [7, 11) is 0. The summed E-state index contributed by atoms with van der Waals surface area (Å²) >= 11 is 0. The van der Waals surface area contributed by atoms with Crippen molar-refractivity contribution >= 4 is 5.69 Å². The molecular formula is C15H21N3. The highest BCUT2D eigenvalue weighted by atomic mass is 14.9. The number of pyridine rings is 1. The lowest BCUT2D eigenvalue weighted by Gasteiger charge is -2.31. The van der Waals surface area contributed by atoms with Crippen molar-refractivity contribution in [3.8, 4) is 6.07 Å². The first-order chi connectivity index (χ1) is 8.83. The zero-order valence-corrected chi connectivity index (χ0v) is 11.0. The van der Waals surface area contributed by atoms with Crippen LogP contribution >= 0.6 is 0 Å². The van der Waals surface area contributed by atoms with Gasteiger partial charge in [-0.25, -0.2) is 4.98 Å². The van der Waals surface area contributed by atoms with Crippen molar-refractivity contribution in [2.24, 2.45) is 5.92 Å². The van der Waals surface area contributed by atoms with Gasteiger partial charge in [0.15, 0.2) is 0 Å². The van der Waals surface area contributed by atoms with Crippen molar-refractivity contribution in [1.29, 1.82) is 5.26 Å². The van der Waals surface area contributed by atoms with Crippen molar-refractivity contribution in [2.75, 3.05) is 5.32 Å². The van der Waals surface area contributed by atoms with Crippen LogP contribution in [-0.2, 0) is 0 Å². The molecule has 96 valence electrons. The Hall–Kier alpha value is -1.56. The molecule has 0 aromatic carbocycles. The van der Waals surface area contributed by atoms with Gasteiger partial charge in [-0.2, -0.15) is 5.26 Å². The highest BCUT2D eigenvalue weighted by Crippen LogP contribution is 2.29. The molecule has 1 aromatic rings. The van der Waals surface area contributed by atoms with E-state index in [1.807, 2.05) is 12.1 Å². The van der Waals surface area contributed by atoms with Crippen molar-refractivity contribution in [3.05, 3.63) is 24.0 Å². The quantitative estimate of drug-likeness (QED) is 0.876. The Bertz CT molecular complexity index is 416. The summed E-state index contributed by atoms with van der Waals surface area (Å²) in [6.45, 7) is 2.23. The number of hydrogen-bond acceptors (Lipinski definition) is 3. The van der Waals surface area contributed by atoms with Gasteiger partial charge in [0, 0.05) is 17.9 Å². The number of rotatable bonds is 4. The monoisotopic (exact) mass is 243 g/mol. The predicted octanol–water partition coefficient (Wildman–Crippen LogP) is 3.72. The van der Waals surface area contributed by atoms with Gasteiger partial charge in [0.05, 0.1) is 0 Å². The number of aromatic nitrogens is 1. The van der Waals surface area contributed by atoms with E-state index in [1.54, 1.807) is 6.20 Å². The number of nitriles is 1. The van der Waals surface area contributed by atoms with Crippen molar-refractivity contribution in [3.63, 3.8) is 0 Å². The maximum atomic E-state index is 8.86. The minimum absolute atomic E-state index is 0.485. The fourth-order valence-corrected chi connectivity index (χ4v) is 2.89. The summed E-state index contributed by atoms with van der Waals surface area (Å²) in [6.07, 6.45) is 9.62. The molecule has 1 heterocycles. The Balaban J connectivity index is 2.02. The maximum Gasteiger partial charge on any atom is 0.142 e. The van der Waals surface area contributed by atoms with Crippen LogP contribution in [0.3, 0.4) is 0 Å². The molecule has 3 nitrogen and oxygen atoms in total. The average molecular weight is 243 g/mol. The Morgan fingerprint density at radius 3 is 2.89 bits per heavy atom. The SMILES string of the molecule is CCC(Nc1ccnc(C#N)c1)C1CCCCC1. The summed E-state index contributed by atoms with van der Waals surface area (Å²) in [5, 5.41) is 12.4. The van der Waals surface area contributed by atoms with Gasteiger partial charge in [-0.1, -0.05) is 26.2 Å². The summed E-state index contributed by atoms with van der Waals surface area (Å²) in [6, 6.07) is 6.40. The van der Waals surface area contributed by atoms with Crippen molar-refractivity contribution in [1.82, 2.24) is 4.98 Å². The molecule has 18 heavy (non-hydrogen) atoms. The Kier molecular flexibility index (Phi) is 4.58. The Morgan fingerprint density at radius 1 is 1.44 bits per heavy atom. The average Bonchev–Trinajstić information content (AvgIpc) is 2.46. The molecule has 0 spiro atoms. The molecule has 1 saturated carbocycles. The summed E-state index contributed by atoms with van der Waals surface area (Å²) in [5.41, 5.74) is 1.51. The molecule has 0 saturated heterocycles. The van der Waals surface area contributed by atoms with E-state index in [0.717, 1.165) is 18.0 Å². The van der Waals surface area contributed by atoms with Crippen LogP contribution in [0.15, 0.2) is 18.3 Å². The van der Waals surface area contributed by atoms with Gasteiger partial charge < -0.3 is 5.32 Å². The first-order valence-corrected chi connectivity index (χ1v) is 6.96. The van der Waals surface area contributed by atoms with Crippen molar-refractivity contribution < 1.29 is 0 Å². The third kappa shape index (κ3) is 3.22. The second kappa shape index (κ2) is 6.39. The van der Waals surface area contributed by atoms with Gasteiger partial charge >= 0.3 is 0 Å². The van der Waals surface area contributed by atoms with Gasteiger partial charge in [0.1, 0.15) is 11.8 Å². The van der Waals surface area contributed by atoms with E-state index in [2.05, 4.69) is 23.3 Å². The van der Waals surface area contributed by atoms with E-state index in [9.17, 15) is 0 Å². The summed E-state index contributed by atoms with van der Waals surface area (Å²) in [4.78, 5) is 4.00. The number of nitrogens with one attached hydrogen (secondary N) is 1. The minimum atomic E-state index is 0.485. The van der Waals surface area contributed by atoms with E-state index in [1.165, 1.54) is 32.1 Å². The lowest BCUT2D eigenvalue weighted by Crippen LogP contribution is -2.30. The predicted molar refractivity (Wildman–Crippen MR) is 73.2 cm³/mol. The number of nitrogens with zero attached hydrogens (tertiary/aromatic N) is 2. The van der Waals surface area contributed by atoms with Gasteiger partial charge in [-0.15, -0.1) is 0 Å². The molecular weight excluding hydrogens is 222 g/mol. The van der Waals surface area contributed by atoms with Gasteiger partial charge in [0.2, 0.25) is 0 Å². The largest absolute Gasteiger partial charge is 0.382 e. The summed E-state index contributed by atoms with van der Waals surface area (Å²) < 4.78 is 0. The molecule has 0 aliphatic heterocycles. The second-order valence-corrected chi connectivity index (χ2v) is 5.10. The van der Waals surface area contributed by atoms with E-state index in [0.29, 0.717) is 11.7 Å². The number of anilines is 1. The molecule has 1 aliphatic carbocycles. The van der Waals surface area contributed by atoms with Crippen LogP contribution in [0.5, 0.6) is 0 Å². The lowest BCUT2D eigenvalue weighted by atomic mass is 9.83. The molecule has 3 heteroatoms. The van der Waals surface area contributed by atoms with Gasteiger partial charge in [-0.05, 0) is 37.3 Å². The number of hydrogen-bond donors (Lipinski definition) is 1. The third-order valence-corrected chi connectivity index (χ3v) is 3.89. The highest BCUT2D eigenvalue weighted by Gasteiger charge is 2.22. The summed E-state index contributed by atoms with van der Waals surface area (Å²) in [5.74, 6) is 0.780. The van der Waals surface area contributed by atoms with Crippen molar-refractivity contribution in [2.45, 2.75) is 51.5 Å². The molecule has 1 unspecified atom stereocenters. The van der Waals surface area contributed by atoms with E-state index >= 15 is 0 Å². The van der Waals surface area contributed by atoms with Crippen LogP contribution in [0.25, 0.3) is 0 Å². The second-order valence-electron chi connectivity index (χ2n) is 5.10.